The Labute approximate surface area is 69.1 Å². The van der Waals surface area contributed by atoms with Crippen molar-refractivity contribution in [3.8, 4) is 0 Å². The number of aliphatic carboxylic acids is 1. The Kier molecular flexibility index (Phi) is 2.46. The van der Waals surface area contributed by atoms with Crippen molar-refractivity contribution in [2.24, 2.45) is 5.73 Å². The van der Waals surface area contributed by atoms with Gasteiger partial charge in [0.05, 0.1) is 18.2 Å². The monoisotopic (exact) mass is 173 g/mol. The van der Waals surface area contributed by atoms with Gasteiger partial charge in [-0.25, -0.2) is 4.79 Å². The molecular weight excluding hydrogens is 162 g/mol. The second-order valence-corrected chi connectivity index (χ2v) is 2.84. The summed E-state index contributed by atoms with van der Waals surface area (Å²) in [6.45, 7) is 0. The van der Waals surface area contributed by atoms with Gasteiger partial charge in [-0.3, -0.25) is 0 Å². The predicted octanol–water partition coefficient (Wildman–Crippen LogP) is -1.55. The van der Waals surface area contributed by atoms with Gasteiger partial charge in [-0.05, 0) is 0 Å². The summed E-state index contributed by atoms with van der Waals surface area (Å²) in [6.07, 6.45) is -0.923. The maximum atomic E-state index is 10.4. The first kappa shape index (κ1) is 9.18. The molecule has 1 rings (SSSR count). The van der Waals surface area contributed by atoms with Gasteiger partial charge in [0.25, 0.3) is 0 Å². The average Bonchev–Trinajstić information content (AvgIpc) is 1.99. The molecule has 0 spiro atoms. The average molecular weight is 173 g/mol. The smallest absolute Gasteiger partial charge is 0.331 e. The molecule has 0 saturated carbocycles. The summed E-state index contributed by atoms with van der Waals surface area (Å²) in [5.41, 5.74) is 5.40. The third kappa shape index (κ3) is 1.63. The molecule has 1 aliphatic rings. The van der Waals surface area contributed by atoms with Gasteiger partial charge >= 0.3 is 5.97 Å². The van der Waals surface area contributed by atoms with E-state index < -0.39 is 24.2 Å². The number of carboxylic acids is 1. The highest BCUT2D eigenvalue weighted by Crippen LogP contribution is 2.18. The first-order valence-electron chi connectivity index (χ1n) is 3.58. The summed E-state index contributed by atoms with van der Waals surface area (Å²) in [6, 6.07) is -0.792. The molecule has 0 heterocycles. The third-order valence-electron chi connectivity index (χ3n) is 1.89. The number of carboxylic acid groups (broad SMARTS) is 1. The number of hydrogen-bond donors (Lipinski definition) is 4. The third-order valence-corrected chi connectivity index (χ3v) is 1.89. The summed E-state index contributed by atoms with van der Waals surface area (Å²) < 4.78 is 0. The molecule has 0 saturated heterocycles. The summed E-state index contributed by atoms with van der Waals surface area (Å²) >= 11 is 0. The minimum atomic E-state index is -1.10. The van der Waals surface area contributed by atoms with E-state index in [0.29, 0.717) is 0 Å². The van der Waals surface area contributed by atoms with Gasteiger partial charge in [0.15, 0.2) is 0 Å². The zero-order valence-electron chi connectivity index (χ0n) is 6.34. The lowest BCUT2D eigenvalue weighted by Crippen LogP contribution is -2.45. The van der Waals surface area contributed by atoms with Crippen LogP contribution in [0.2, 0.25) is 0 Å². The summed E-state index contributed by atoms with van der Waals surface area (Å²) in [4.78, 5) is 10.4. The van der Waals surface area contributed by atoms with Gasteiger partial charge in [0, 0.05) is 12.0 Å². The van der Waals surface area contributed by atoms with Crippen molar-refractivity contribution in [2.75, 3.05) is 0 Å². The highest BCUT2D eigenvalue weighted by Gasteiger charge is 2.30. The van der Waals surface area contributed by atoms with Crippen LogP contribution in [-0.2, 0) is 4.79 Å². The van der Waals surface area contributed by atoms with E-state index in [2.05, 4.69) is 0 Å². The molecule has 5 heteroatoms. The highest BCUT2D eigenvalue weighted by molar-refractivity contribution is 5.87. The van der Waals surface area contributed by atoms with E-state index in [9.17, 15) is 4.79 Å². The van der Waals surface area contributed by atoms with Crippen LogP contribution in [0.1, 0.15) is 6.42 Å². The van der Waals surface area contributed by atoms with Crippen LogP contribution in [0.5, 0.6) is 0 Å². The van der Waals surface area contributed by atoms with E-state index in [-0.39, 0.29) is 12.0 Å². The molecule has 5 nitrogen and oxygen atoms in total. The first-order chi connectivity index (χ1) is 5.52. The number of hydrogen-bond acceptors (Lipinski definition) is 4. The second-order valence-electron chi connectivity index (χ2n) is 2.84. The molecule has 0 bridgehead atoms. The van der Waals surface area contributed by atoms with Crippen LogP contribution in [0.4, 0.5) is 0 Å². The SMILES string of the molecule is N[C@@H]1C=C(C(=O)O)C[C@@H](O)[C@@H]1O. The van der Waals surface area contributed by atoms with Crippen molar-refractivity contribution in [3.05, 3.63) is 11.6 Å². The Balaban J connectivity index is 2.81. The standard InChI is InChI=1S/C7H11NO4/c8-4-1-3(7(11)12)2-5(9)6(4)10/h1,4-6,9-10H,2,8H2,(H,11,12)/t4-,5-,6-/m1/s1. The molecule has 0 fully saturated rings. The lowest BCUT2D eigenvalue weighted by Gasteiger charge is -2.26. The van der Waals surface area contributed by atoms with Gasteiger partial charge < -0.3 is 21.1 Å². The van der Waals surface area contributed by atoms with Crippen molar-refractivity contribution in [3.63, 3.8) is 0 Å². The molecule has 0 unspecified atom stereocenters. The second kappa shape index (κ2) is 3.22. The fourth-order valence-electron chi connectivity index (χ4n) is 1.16. The van der Waals surface area contributed by atoms with Gasteiger partial charge in [-0.15, -0.1) is 0 Å². The quantitative estimate of drug-likeness (QED) is 0.384. The van der Waals surface area contributed by atoms with Gasteiger partial charge in [0.1, 0.15) is 0 Å². The molecule has 0 aromatic carbocycles. The lowest BCUT2D eigenvalue weighted by atomic mass is 9.91. The number of carbonyl (C=O) groups is 1. The highest BCUT2D eigenvalue weighted by atomic mass is 16.4. The molecule has 1 aliphatic carbocycles. The topological polar surface area (TPSA) is 104 Å². The maximum Gasteiger partial charge on any atom is 0.331 e. The Bertz CT molecular complexity index is 225. The normalized spacial score (nSPS) is 35.9. The van der Waals surface area contributed by atoms with E-state index in [1.807, 2.05) is 0 Å². The Hall–Kier alpha value is -0.910. The minimum Gasteiger partial charge on any atom is -0.478 e. The van der Waals surface area contributed by atoms with Crippen LogP contribution < -0.4 is 5.73 Å². The predicted molar refractivity (Wildman–Crippen MR) is 40.3 cm³/mol. The van der Waals surface area contributed by atoms with E-state index in [1.165, 1.54) is 6.08 Å². The van der Waals surface area contributed by atoms with Crippen molar-refractivity contribution < 1.29 is 20.1 Å². The first-order valence-corrected chi connectivity index (χ1v) is 3.58. The minimum absolute atomic E-state index is 0.0514. The summed E-state index contributed by atoms with van der Waals surface area (Å²) in [5, 5.41) is 26.8. The van der Waals surface area contributed by atoms with E-state index in [1.54, 1.807) is 0 Å². The number of aliphatic hydroxyl groups excluding tert-OH is 2. The van der Waals surface area contributed by atoms with Crippen molar-refractivity contribution >= 4 is 5.97 Å². The zero-order chi connectivity index (χ0) is 9.30. The number of aliphatic hydroxyl groups is 2. The number of nitrogens with two attached hydrogens (primary N) is 1. The summed E-state index contributed by atoms with van der Waals surface area (Å²) in [5.74, 6) is -1.10. The van der Waals surface area contributed by atoms with E-state index in [4.69, 9.17) is 21.1 Å². The summed E-state index contributed by atoms with van der Waals surface area (Å²) in [7, 11) is 0. The largest absolute Gasteiger partial charge is 0.478 e. The van der Waals surface area contributed by atoms with Crippen molar-refractivity contribution in [2.45, 2.75) is 24.7 Å². The Morgan fingerprint density at radius 1 is 1.58 bits per heavy atom. The molecule has 68 valence electrons. The fourth-order valence-corrected chi connectivity index (χ4v) is 1.16. The molecule has 0 aromatic rings. The molecule has 5 N–H and O–H groups in total. The molecule has 0 radical (unpaired) electrons. The molecule has 12 heavy (non-hydrogen) atoms. The zero-order valence-corrected chi connectivity index (χ0v) is 6.34. The van der Waals surface area contributed by atoms with Crippen LogP contribution in [0.25, 0.3) is 0 Å². The van der Waals surface area contributed by atoms with Gasteiger partial charge in [-0.1, -0.05) is 6.08 Å². The lowest BCUT2D eigenvalue weighted by molar-refractivity contribution is -0.133. The van der Waals surface area contributed by atoms with Crippen molar-refractivity contribution in [1.82, 2.24) is 0 Å². The van der Waals surface area contributed by atoms with Crippen LogP contribution in [-0.4, -0.2) is 39.5 Å². The van der Waals surface area contributed by atoms with Crippen LogP contribution in [0.3, 0.4) is 0 Å². The molecular formula is C7H11NO4. The maximum absolute atomic E-state index is 10.4. The van der Waals surface area contributed by atoms with Gasteiger partial charge in [-0.2, -0.15) is 0 Å². The molecule has 0 aromatic heterocycles. The molecule has 0 aliphatic heterocycles. The van der Waals surface area contributed by atoms with E-state index >= 15 is 0 Å². The molecule has 0 amide bonds. The fraction of sp³-hybridized carbons (Fsp3) is 0.571. The number of rotatable bonds is 1. The van der Waals surface area contributed by atoms with E-state index in [0.717, 1.165) is 0 Å². The van der Waals surface area contributed by atoms with Gasteiger partial charge in [0.2, 0.25) is 0 Å². The Morgan fingerprint density at radius 2 is 2.17 bits per heavy atom. The van der Waals surface area contributed by atoms with Crippen LogP contribution in [0.15, 0.2) is 11.6 Å². The van der Waals surface area contributed by atoms with Crippen LogP contribution >= 0.6 is 0 Å². The Morgan fingerprint density at radius 3 is 2.58 bits per heavy atom. The van der Waals surface area contributed by atoms with Crippen LogP contribution in [0, 0.1) is 0 Å². The molecule has 3 atom stereocenters. The van der Waals surface area contributed by atoms with Crippen molar-refractivity contribution in [1.29, 1.82) is 0 Å².